The van der Waals surface area contributed by atoms with Crippen LogP contribution in [0.3, 0.4) is 0 Å². The Hall–Kier alpha value is -0.170. The van der Waals surface area contributed by atoms with Crippen molar-refractivity contribution in [1.29, 1.82) is 0 Å². The van der Waals surface area contributed by atoms with Crippen LogP contribution in [-0.4, -0.2) is 80.2 Å². The van der Waals surface area contributed by atoms with Gasteiger partial charge < -0.3 is 14.9 Å². The highest BCUT2D eigenvalue weighted by Gasteiger charge is 2.32. The molecule has 1 aliphatic heterocycles. The molecule has 0 spiro atoms. The summed E-state index contributed by atoms with van der Waals surface area (Å²) in [4.78, 5) is 4.22. The fraction of sp³-hybridized carbons (Fsp3) is 1.00. The third-order valence-corrected chi connectivity index (χ3v) is 6.66. The van der Waals surface area contributed by atoms with Gasteiger partial charge in [-0.3, -0.25) is 0 Å². The third-order valence-electron chi connectivity index (χ3n) is 4.52. The van der Waals surface area contributed by atoms with E-state index in [9.17, 15) is 13.5 Å². The molecule has 1 heterocycles. The molecule has 0 saturated carbocycles. The maximum Gasteiger partial charge on any atom is 0.153 e. The van der Waals surface area contributed by atoms with Crippen molar-refractivity contribution in [2.45, 2.75) is 44.5 Å². The van der Waals surface area contributed by atoms with E-state index in [-0.39, 0.29) is 0 Å². The number of hydrogen-bond donors (Lipinski definition) is 1. The Bertz CT molecular complexity index is 415. The van der Waals surface area contributed by atoms with E-state index in [1.807, 2.05) is 11.9 Å². The smallest absolute Gasteiger partial charge is 0.153 e. The molecular weight excluding hydrogens is 288 g/mol. The van der Waals surface area contributed by atoms with Crippen molar-refractivity contribution in [3.63, 3.8) is 0 Å². The SMILES string of the molecule is CC1CCN(CC(O)CN(C)CC(C)(C)S(C)(=O)=O)CC1. The van der Waals surface area contributed by atoms with Gasteiger partial charge in [-0.2, -0.15) is 0 Å². The van der Waals surface area contributed by atoms with Crippen LogP contribution in [0.5, 0.6) is 0 Å². The molecular formula is C15H32N2O3S. The first-order valence-corrected chi connectivity index (χ1v) is 9.69. The van der Waals surface area contributed by atoms with Gasteiger partial charge in [0, 0.05) is 25.9 Å². The third kappa shape index (κ3) is 6.22. The van der Waals surface area contributed by atoms with Crippen LogP contribution >= 0.6 is 0 Å². The number of aliphatic hydroxyl groups excluding tert-OH is 1. The molecule has 6 heteroatoms. The molecule has 1 fully saturated rings. The fourth-order valence-electron chi connectivity index (χ4n) is 2.79. The van der Waals surface area contributed by atoms with Crippen LogP contribution in [0.25, 0.3) is 0 Å². The van der Waals surface area contributed by atoms with Gasteiger partial charge in [0.15, 0.2) is 9.84 Å². The molecule has 1 N–H and O–H groups in total. The summed E-state index contributed by atoms with van der Waals surface area (Å²) in [7, 11) is -1.23. The van der Waals surface area contributed by atoms with Crippen LogP contribution < -0.4 is 0 Å². The molecule has 1 saturated heterocycles. The molecule has 1 atom stereocenters. The van der Waals surface area contributed by atoms with Crippen molar-refractivity contribution in [1.82, 2.24) is 9.80 Å². The van der Waals surface area contributed by atoms with Gasteiger partial charge in [-0.1, -0.05) is 6.92 Å². The highest BCUT2D eigenvalue weighted by Crippen LogP contribution is 2.18. The second-order valence-electron chi connectivity index (χ2n) is 7.37. The largest absolute Gasteiger partial charge is 0.390 e. The Morgan fingerprint density at radius 2 is 1.86 bits per heavy atom. The monoisotopic (exact) mass is 320 g/mol. The van der Waals surface area contributed by atoms with Crippen molar-refractivity contribution in [3.05, 3.63) is 0 Å². The van der Waals surface area contributed by atoms with Crippen LogP contribution in [0, 0.1) is 5.92 Å². The summed E-state index contributed by atoms with van der Waals surface area (Å²) in [6, 6.07) is 0. The van der Waals surface area contributed by atoms with Gasteiger partial charge in [-0.05, 0) is 52.7 Å². The lowest BCUT2D eigenvalue weighted by atomic mass is 9.99. The van der Waals surface area contributed by atoms with Gasteiger partial charge in [0.05, 0.1) is 10.9 Å². The van der Waals surface area contributed by atoms with Crippen LogP contribution in [0.2, 0.25) is 0 Å². The number of likely N-dealkylation sites (N-methyl/N-ethyl adjacent to an activating group) is 1. The molecule has 0 aliphatic carbocycles. The summed E-state index contributed by atoms with van der Waals surface area (Å²) in [6.45, 7) is 9.46. The normalized spacial score (nSPS) is 20.9. The van der Waals surface area contributed by atoms with E-state index in [2.05, 4.69) is 11.8 Å². The first-order chi connectivity index (χ1) is 9.51. The average molecular weight is 320 g/mol. The Balaban J connectivity index is 2.39. The molecule has 0 aromatic heterocycles. The maximum atomic E-state index is 11.7. The van der Waals surface area contributed by atoms with Crippen LogP contribution in [-0.2, 0) is 9.84 Å². The summed E-state index contributed by atoms with van der Waals surface area (Å²) in [6.07, 6.45) is 3.23. The van der Waals surface area contributed by atoms with Crippen molar-refractivity contribution >= 4 is 9.84 Å². The minimum Gasteiger partial charge on any atom is -0.390 e. The Kier molecular flexibility index (Phi) is 6.65. The van der Waals surface area contributed by atoms with E-state index >= 15 is 0 Å². The van der Waals surface area contributed by atoms with Gasteiger partial charge in [0.1, 0.15) is 0 Å². The zero-order valence-corrected chi connectivity index (χ0v) is 15.0. The highest BCUT2D eigenvalue weighted by atomic mass is 32.2. The molecule has 126 valence electrons. The molecule has 0 bridgehead atoms. The van der Waals surface area contributed by atoms with E-state index in [4.69, 9.17) is 0 Å². The standard InChI is InChI=1S/C15H32N2O3S/c1-13-6-8-17(9-7-13)11-14(18)10-16(4)12-15(2,3)21(5,19)20/h13-14,18H,6-12H2,1-5H3. The lowest BCUT2D eigenvalue weighted by Gasteiger charge is -2.34. The quantitative estimate of drug-likeness (QED) is 0.753. The van der Waals surface area contributed by atoms with Gasteiger partial charge in [-0.25, -0.2) is 8.42 Å². The number of aliphatic hydroxyl groups is 1. The first kappa shape index (κ1) is 18.9. The van der Waals surface area contributed by atoms with Crippen molar-refractivity contribution < 1.29 is 13.5 Å². The van der Waals surface area contributed by atoms with E-state index in [1.165, 1.54) is 19.1 Å². The molecule has 1 aliphatic rings. The zero-order chi connectivity index (χ0) is 16.3. The van der Waals surface area contributed by atoms with Gasteiger partial charge in [0.2, 0.25) is 0 Å². The summed E-state index contributed by atoms with van der Waals surface area (Å²) in [5.74, 6) is 0.789. The zero-order valence-electron chi connectivity index (χ0n) is 14.2. The minimum absolute atomic E-state index is 0.430. The van der Waals surface area contributed by atoms with E-state index in [1.54, 1.807) is 13.8 Å². The van der Waals surface area contributed by atoms with Crippen molar-refractivity contribution in [3.8, 4) is 0 Å². The fourth-order valence-corrected chi connectivity index (χ4v) is 3.25. The lowest BCUT2D eigenvalue weighted by molar-refractivity contribution is 0.0662. The summed E-state index contributed by atoms with van der Waals surface area (Å²) < 4.78 is 22.7. The maximum absolute atomic E-state index is 11.7. The van der Waals surface area contributed by atoms with Crippen LogP contribution in [0.4, 0.5) is 0 Å². The van der Waals surface area contributed by atoms with E-state index in [0.29, 0.717) is 19.6 Å². The number of likely N-dealkylation sites (tertiary alicyclic amines) is 1. The van der Waals surface area contributed by atoms with Crippen molar-refractivity contribution in [2.75, 3.05) is 46.0 Å². The minimum atomic E-state index is -3.10. The molecule has 1 unspecified atom stereocenters. The summed E-state index contributed by atoms with van der Waals surface area (Å²) >= 11 is 0. The second-order valence-corrected chi connectivity index (χ2v) is 10.0. The lowest BCUT2D eigenvalue weighted by Crippen LogP contribution is -2.47. The number of piperidine rings is 1. The molecule has 0 aromatic rings. The number of hydrogen-bond acceptors (Lipinski definition) is 5. The number of β-amino-alcohol motifs (C(OH)–C–C–N with tert-alkyl or cyclic N) is 1. The Morgan fingerprint density at radius 3 is 2.33 bits per heavy atom. The summed E-state index contributed by atoms with van der Waals surface area (Å²) in [5, 5.41) is 10.2. The second kappa shape index (κ2) is 7.40. The highest BCUT2D eigenvalue weighted by molar-refractivity contribution is 7.92. The summed E-state index contributed by atoms with van der Waals surface area (Å²) in [5.41, 5.74) is 0. The van der Waals surface area contributed by atoms with E-state index in [0.717, 1.165) is 19.0 Å². The predicted octanol–water partition coefficient (Wildman–Crippen LogP) is 0.834. The van der Waals surface area contributed by atoms with E-state index < -0.39 is 20.7 Å². The number of nitrogens with zero attached hydrogens (tertiary/aromatic N) is 2. The molecule has 21 heavy (non-hydrogen) atoms. The Morgan fingerprint density at radius 1 is 1.33 bits per heavy atom. The van der Waals surface area contributed by atoms with Crippen LogP contribution in [0.15, 0.2) is 0 Å². The topological polar surface area (TPSA) is 60.9 Å². The molecule has 0 radical (unpaired) electrons. The van der Waals surface area contributed by atoms with Gasteiger partial charge >= 0.3 is 0 Å². The molecule has 5 nitrogen and oxygen atoms in total. The predicted molar refractivity (Wildman–Crippen MR) is 87.3 cm³/mol. The molecule has 1 rings (SSSR count). The van der Waals surface area contributed by atoms with Crippen molar-refractivity contribution in [2.24, 2.45) is 5.92 Å². The van der Waals surface area contributed by atoms with Gasteiger partial charge in [0.25, 0.3) is 0 Å². The number of rotatable bonds is 7. The number of sulfone groups is 1. The molecule has 0 aromatic carbocycles. The average Bonchev–Trinajstić information content (AvgIpc) is 2.29. The molecule has 0 amide bonds. The van der Waals surface area contributed by atoms with Crippen LogP contribution in [0.1, 0.15) is 33.6 Å². The first-order valence-electron chi connectivity index (χ1n) is 7.80. The Labute approximate surface area is 130 Å². The van der Waals surface area contributed by atoms with Gasteiger partial charge in [-0.15, -0.1) is 0 Å².